The van der Waals surface area contributed by atoms with Crippen molar-refractivity contribution in [3.05, 3.63) is 53.6 Å². The van der Waals surface area contributed by atoms with Crippen LogP contribution in [0.2, 0.25) is 0 Å². The molecule has 0 amide bonds. The van der Waals surface area contributed by atoms with Crippen LogP contribution in [0.5, 0.6) is 0 Å². The van der Waals surface area contributed by atoms with Crippen LogP contribution in [0.15, 0.2) is 36.5 Å². The van der Waals surface area contributed by atoms with Crippen molar-refractivity contribution in [2.45, 2.75) is 51.2 Å². The van der Waals surface area contributed by atoms with Gasteiger partial charge in [-0.05, 0) is 43.5 Å². The van der Waals surface area contributed by atoms with Crippen molar-refractivity contribution in [2.24, 2.45) is 0 Å². The molecule has 1 N–H and O–H groups in total. The molecule has 0 bridgehead atoms. The summed E-state index contributed by atoms with van der Waals surface area (Å²) < 4.78 is 15.3. The summed E-state index contributed by atoms with van der Waals surface area (Å²) in [4.78, 5) is 0. The molecule has 4 heteroatoms. The maximum absolute atomic E-state index is 13.2. The second kappa shape index (κ2) is 6.39. The molecule has 1 saturated carbocycles. The Bertz CT molecular complexity index is 587. The normalized spacial score (nSPS) is 17.2. The van der Waals surface area contributed by atoms with Gasteiger partial charge in [-0.25, -0.2) is 4.39 Å². The average molecular weight is 287 g/mol. The molecule has 3 rings (SSSR count). The fraction of sp³-hybridized carbons (Fsp3) is 0.471. The fourth-order valence-corrected chi connectivity index (χ4v) is 3.00. The summed E-state index contributed by atoms with van der Waals surface area (Å²) in [6.45, 7) is 2.75. The smallest absolute Gasteiger partial charge is 0.123 e. The molecule has 1 aromatic carbocycles. The molecule has 0 saturated heterocycles. The third kappa shape index (κ3) is 3.50. The highest BCUT2D eigenvalue weighted by atomic mass is 19.1. The number of hydrogen-bond acceptors (Lipinski definition) is 2. The largest absolute Gasteiger partial charge is 0.304 e. The molecule has 3 nitrogen and oxygen atoms in total. The lowest BCUT2D eigenvalue weighted by atomic mass is 10.1. The standard InChI is InChI=1S/C17H22FN3/c1-13(14-5-4-6-15(18)11-14)19-12-16-9-10-21(20-16)17-7-2-3-8-17/h4-6,9-11,13,17,19H,2-3,7-8,12H2,1H3/t13-/m0/s1. The molecule has 1 aliphatic carbocycles. The Morgan fingerprint density at radius 2 is 2.14 bits per heavy atom. The summed E-state index contributed by atoms with van der Waals surface area (Å²) in [6.07, 6.45) is 7.20. The van der Waals surface area contributed by atoms with Gasteiger partial charge in [-0.2, -0.15) is 5.10 Å². The van der Waals surface area contributed by atoms with Crippen molar-refractivity contribution in [1.29, 1.82) is 0 Å². The lowest BCUT2D eigenvalue weighted by Gasteiger charge is -2.13. The summed E-state index contributed by atoms with van der Waals surface area (Å²) in [5.41, 5.74) is 2.01. The molecule has 1 aromatic heterocycles. The lowest BCUT2D eigenvalue weighted by molar-refractivity contribution is 0.458. The molecule has 0 spiro atoms. The summed E-state index contributed by atoms with van der Waals surface area (Å²) >= 11 is 0. The highest BCUT2D eigenvalue weighted by molar-refractivity contribution is 5.19. The van der Waals surface area contributed by atoms with Crippen molar-refractivity contribution >= 4 is 0 Å². The van der Waals surface area contributed by atoms with E-state index in [1.54, 1.807) is 12.1 Å². The first kappa shape index (κ1) is 14.3. The minimum absolute atomic E-state index is 0.109. The monoisotopic (exact) mass is 287 g/mol. The maximum atomic E-state index is 13.2. The van der Waals surface area contributed by atoms with Crippen LogP contribution >= 0.6 is 0 Å². The molecule has 1 heterocycles. The summed E-state index contributed by atoms with van der Waals surface area (Å²) in [7, 11) is 0. The molecule has 0 unspecified atom stereocenters. The van der Waals surface area contributed by atoms with Crippen LogP contribution in [0.4, 0.5) is 4.39 Å². The van der Waals surface area contributed by atoms with Crippen molar-refractivity contribution in [1.82, 2.24) is 15.1 Å². The van der Waals surface area contributed by atoms with Gasteiger partial charge in [-0.1, -0.05) is 25.0 Å². The second-order valence-corrected chi connectivity index (χ2v) is 5.88. The van der Waals surface area contributed by atoms with Gasteiger partial charge in [-0.15, -0.1) is 0 Å². The predicted molar refractivity (Wildman–Crippen MR) is 81.4 cm³/mol. The van der Waals surface area contributed by atoms with Gasteiger partial charge in [0, 0.05) is 18.8 Å². The third-order valence-electron chi connectivity index (χ3n) is 4.30. The van der Waals surface area contributed by atoms with Crippen LogP contribution in [0.3, 0.4) is 0 Å². The Morgan fingerprint density at radius 1 is 1.33 bits per heavy atom. The Balaban J connectivity index is 1.57. The zero-order chi connectivity index (χ0) is 14.7. The number of aromatic nitrogens is 2. The predicted octanol–water partition coefficient (Wildman–Crippen LogP) is 3.99. The molecule has 21 heavy (non-hydrogen) atoms. The zero-order valence-corrected chi connectivity index (χ0v) is 12.4. The molecule has 1 aliphatic rings. The Hall–Kier alpha value is -1.68. The van der Waals surface area contributed by atoms with Crippen LogP contribution in [0, 0.1) is 5.82 Å². The van der Waals surface area contributed by atoms with Crippen molar-refractivity contribution in [3.63, 3.8) is 0 Å². The average Bonchev–Trinajstić information content (AvgIpc) is 3.15. The van der Waals surface area contributed by atoms with Gasteiger partial charge in [-0.3, -0.25) is 4.68 Å². The fourth-order valence-electron chi connectivity index (χ4n) is 3.00. The molecule has 1 atom stereocenters. The van der Waals surface area contributed by atoms with E-state index < -0.39 is 0 Å². The van der Waals surface area contributed by atoms with E-state index in [9.17, 15) is 4.39 Å². The minimum atomic E-state index is -0.188. The van der Waals surface area contributed by atoms with Gasteiger partial charge in [0.1, 0.15) is 5.82 Å². The Morgan fingerprint density at radius 3 is 2.90 bits per heavy atom. The summed E-state index contributed by atoms with van der Waals surface area (Å²) in [6, 6.07) is 9.50. The van der Waals surface area contributed by atoms with Gasteiger partial charge in [0.2, 0.25) is 0 Å². The van der Waals surface area contributed by atoms with Crippen molar-refractivity contribution in [3.8, 4) is 0 Å². The Labute approximate surface area is 125 Å². The molecular weight excluding hydrogens is 265 g/mol. The highest BCUT2D eigenvalue weighted by Gasteiger charge is 2.17. The van der Waals surface area contributed by atoms with Gasteiger partial charge in [0.15, 0.2) is 0 Å². The number of nitrogens with zero attached hydrogens (tertiary/aromatic N) is 2. The molecule has 112 valence electrons. The summed E-state index contributed by atoms with van der Waals surface area (Å²) in [5, 5.41) is 8.06. The topological polar surface area (TPSA) is 29.9 Å². The summed E-state index contributed by atoms with van der Waals surface area (Å²) in [5.74, 6) is -0.188. The maximum Gasteiger partial charge on any atom is 0.123 e. The SMILES string of the molecule is C[C@H](NCc1ccn(C2CCCC2)n1)c1cccc(F)c1. The van der Waals surface area contributed by atoms with Crippen LogP contribution in [0.25, 0.3) is 0 Å². The molecule has 1 fully saturated rings. The van der Waals surface area contributed by atoms with Crippen LogP contribution in [-0.4, -0.2) is 9.78 Å². The van der Waals surface area contributed by atoms with Crippen molar-refractivity contribution in [2.75, 3.05) is 0 Å². The van der Waals surface area contributed by atoms with Crippen LogP contribution in [0.1, 0.15) is 55.9 Å². The van der Waals surface area contributed by atoms with E-state index >= 15 is 0 Å². The molecule has 2 aromatic rings. The van der Waals surface area contributed by atoms with Crippen LogP contribution < -0.4 is 5.32 Å². The van der Waals surface area contributed by atoms with Gasteiger partial charge in [0.05, 0.1) is 11.7 Å². The molecule has 0 aliphatic heterocycles. The van der Waals surface area contributed by atoms with Crippen molar-refractivity contribution < 1.29 is 4.39 Å². The van der Waals surface area contributed by atoms with Gasteiger partial charge >= 0.3 is 0 Å². The number of benzene rings is 1. The molecular formula is C17H22FN3. The van der Waals surface area contributed by atoms with E-state index in [1.807, 2.05) is 13.0 Å². The van der Waals surface area contributed by atoms with E-state index in [0.717, 1.165) is 11.3 Å². The number of nitrogens with one attached hydrogen (secondary N) is 1. The second-order valence-electron chi connectivity index (χ2n) is 5.88. The van der Waals surface area contributed by atoms with E-state index in [1.165, 1.54) is 31.7 Å². The zero-order valence-electron chi connectivity index (χ0n) is 12.4. The van der Waals surface area contributed by atoms with Gasteiger partial charge < -0.3 is 5.32 Å². The number of hydrogen-bond donors (Lipinski definition) is 1. The van der Waals surface area contributed by atoms with E-state index in [-0.39, 0.29) is 11.9 Å². The van der Waals surface area contributed by atoms with E-state index in [2.05, 4.69) is 27.4 Å². The molecule has 0 radical (unpaired) electrons. The first-order valence-electron chi connectivity index (χ1n) is 7.75. The Kier molecular flexibility index (Phi) is 4.34. The highest BCUT2D eigenvalue weighted by Crippen LogP contribution is 2.28. The first-order chi connectivity index (χ1) is 10.2. The van der Waals surface area contributed by atoms with E-state index in [0.29, 0.717) is 12.6 Å². The third-order valence-corrected chi connectivity index (χ3v) is 4.30. The van der Waals surface area contributed by atoms with Gasteiger partial charge in [0.25, 0.3) is 0 Å². The minimum Gasteiger partial charge on any atom is -0.304 e. The quantitative estimate of drug-likeness (QED) is 0.901. The van der Waals surface area contributed by atoms with Crippen LogP contribution in [-0.2, 0) is 6.54 Å². The number of rotatable bonds is 5. The lowest BCUT2D eigenvalue weighted by Crippen LogP contribution is -2.19. The number of halogens is 1. The van der Waals surface area contributed by atoms with E-state index in [4.69, 9.17) is 0 Å². The first-order valence-corrected chi connectivity index (χ1v) is 7.75.